The molecule has 1 aromatic carbocycles. The summed E-state index contributed by atoms with van der Waals surface area (Å²) >= 11 is 0. The molecule has 0 unspecified atom stereocenters. The largest absolute Gasteiger partial charge is 0.291 e. The quantitative estimate of drug-likeness (QED) is 0.667. The Morgan fingerprint density at radius 3 is 2.38 bits per heavy atom. The minimum atomic E-state index is -2.63. The highest BCUT2D eigenvalue weighted by Gasteiger charge is 2.21. The first-order valence-corrected chi connectivity index (χ1v) is 5.69. The van der Waals surface area contributed by atoms with Crippen molar-refractivity contribution < 1.29 is 9.11 Å². The maximum atomic E-state index is 9.61. The molecule has 2 N–H and O–H groups in total. The molecule has 2 nitrogen and oxygen atoms in total. The molecule has 0 aliphatic carbocycles. The van der Waals surface area contributed by atoms with Crippen LogP contribution >= 0.6 is 10.6 Å². The summed E-state index contributed by atoms with van der Waals surface area (Å²) in [6.07, 6.45) is 1.77. The van der Waals surface area contributed by atoms with Gasteiger partial charge in [0, 0.05) is 5.41 Å². The fraction of sp³-hybridized carbons (Fsp3) is 0.200. The van der Waals surface area contributed by atoms with Crippen LogP contribution in [0.3, 0.4) is 0 Å². The summed E-state index contributed by atoms with van der Waals surface area (Å²) in [5.41, 5.74) is 3.21. The van der Waals surface area contributed by atoms with Crippen molar-refractivity contribution in [2.24, 2.45) is 0 Å². The number of benzene rings is 1. The highest BCUT2D eigenvalue weighted by Crippen LogP contribution is 2.56. The normalized spacial score (nSPS) is 20.0. The van der Waals surface area contributed by atoms with Gasteiger partial charge < -0.3 is 0 Å². The Morgan fingerprint density at radius 2 is 1.69 bits per heavy atom. The van der Waals surface area contributed by atoms with Crippen LogP contribution in [0.4, 0.5) is 0 Å². The van der Waals surface area contributed by atoms with Crippen LogP contribution < -0.4 is 0 Å². The molecule has 13 heavy (non-hydrogen) atoms. The second kappa shape index (κ2) is 2.61. The third-order valence-electron chi connectivity index (χ3n) is 2.39. The predicted molar refractivity (Wildman–Crippen MR) is 56.1 cm³/mol. The number of fused-ring (bicyclic) bond motifs is 1. The second-order valence-corrected chi connectivity index (χ2v) is 5.27. The van der Waals surface area contributed by atoms with Crippen LogP contribution in [0.2, 0.25) is 0 Å². The van der Waals surface area contributed by atoms with Crippen molar-refractivity contribution in [2.45, 2.75) is 18.7 Å². The molecule has 0 bridgehead atoms. The van der Waals surface area contributed by atoms with Crippen molar-refractivity contribution in [3.8, 4) is 0 Å². The summed E-state index contributed by atoms with van der Waals surface area (Å²) in [5, 5.41) is 1.48. The lowest BCUT2D eigenvalue weighted by molar-refractivity contribution is 0.500. The molecule has 3 heteroatoms. The van der Waals surface area contributed by atoms with E-state index in [-0.39, 0.29) is 0 Å². The van der Waals surface area contributed by atoms with Gasteiger partial charge >= 0.3 is 0 Å². The van der Waals surface area contributed by atoms with Crippen LogP contribution in [0.1, 0.15) is 16.7 Å². The van der Waals surface area contributed by atoms with E-state index in [1.165, 1.54) is 11.0 Å². The Bertz CT molecular complexity index is 394. The van der Waals surface area contributed by atoms with E-state index in [0.717, 1.165) is 11.1 Å². The third kappa shape index (κ3) is 1.29. The zero-order chi connectivity index (χ0) is 9.64. The van der Waals surface area contributed by atoms with E-state index in [1.54, 1.807) is 6.08 Å². The Labute approximate surface area is 79.3 Å². The van der Waals surface area contributed by atoms with Crippen molar-refractivity contribution in [3.63, 3.8) is 0 Å². The Morgan fingerprint density at radius 1 is 1.08 bits per heavy atom. The van der Waals surface area contributed by atoms with Crippen LogP contribution in [-0.2, 0) is 0 Å². The van der Waals surface area contributed by atoms with E-state index < -0.39 is 10.6 Å². The minimum Gasteiger partial charge on any atom is -0.291 e. The van der Waals surface area contributed by atoms with Gasteiger partial charge in [-0.2, -0.15) is 0 Å². The fourth-order valence-electron chi connectivity index (χ4n) is 1.44. The van der Waals surface area contributed by atoms with Gasteiger partial charge in [0.2, 0.25) is 0 Å². The van der Waals surface area contributed by atoms with Crippen molar-refractivity contribution in [1.82, 2.24) is 0 Å². The zero-order valence-electron chi connectivity index (χ0n) is 7.61. The first-order chi connectivity index (χ1) is 6.00. The van der Waals surface area contributed by atoms with Crippen molar-refractivity contribution in [1.29, 1.82) is 0 Å². The molecule has 1 aliphatic rings. The molecule has 0 amide bonds. The van der Waals surface area contributed by atoms with Crippen LogP contribution in [0.25, 0.3) is 6.08 Å². The molecule has 0 saturated heterocycles. The lowest BCUT2D eigenvalue weighted by Gasteiger charge is -2.25. The van der Waals surface area contributed by atoms with Gasteiger partial charge in [0.05, 0.1) is 4.90 Å². The second-order valence-electron chi connectivity index (χ2n) is 3.37. The fourth-order valence-corrected chi connectivity index (χ4v) is 2.75. The number of hydrogen-bond acceptors (Lipinski definition) is 2. The van der Waals surface area contributed by atoms with E-state index in [1.807, 2.05) is 26.0 Å². The molecule has 1 aliphatic heterocycles. The average Bonchev–Trinajstić information content (AvgIpc) is 2.31. The Balaban J connectivity index is 2.66. The highest BCUT2D eigenvalue weighted by molar-refractivity contribution is 8.27. The molecule has 0 radical (unpaired) electrons. The zero-order valence-corrected chi connectivity index (χ0v) is 8.43. The lowest BCUT2D eigenvalue weighted by atomic mass is 10.1. The van der Waals surface area contributed by atoms with Crippen molar-refractivity contribution >= 4 is 16.7 Å². The topological polar surface area (TPSA) is 40.5 Å². The Hall–Kier alpha value is -0.770. The van der Waals surface area contributed by atoms with E-state index in [9.17, 15) is 9.11 Å². The third-order valence-corrected chi connectivity index (χ3v) is 3.90. The summed E-state index contributed by atoms with van der Waals surface area (Å²) in [6.45, 7) is 4.00. The summed E-state index contributed by atoms with van der Waals surface area (Å²) < 4.78 is 19.2. The molecule has 1 heterocycles. The maximum absolute atomic E-state index is 9.61. The van der Waals surface area contributed by atoms with E-state index in [2.05, 4.69) is 0 Å². The van der Waals surface area contributed by atoms with Gasteiger partial charge in [-0.25, -0.2) is 0 Å². The first kappa shape index (κ1) is 8.81. The van der Waals surface area contributed by atoms with Crippen molar-refractivity contribution in [3.05, 3.63) is 34.2 Å². The van der Waals surface area contributed by atoms with Crippen LogP contribution in [0.15, 0.2) is 22.4 Å². The SMILES string of the molecule is Cc1cc2c(cc1C)S(O)(O)C=C2. The standard InChI is InChI=1S/C10H12O2S/c1-7-5-9-3-4-13(11,12)10(9)6-8(7)2/h3-6,11-12H,1-2H3. The highest BCUT2D eigenvalue weighted by atomic mass is 32.3. The number of aryl methyl sites for hydroxylation is 2. The van der Waals surface area contributed by atoms with Gasteiger partial charge in [-0.1, -0.05) is 0 Å². The average molecular weight is 196 g/mol. The molecule has 0 saturated carbocycles. The summed E-state index contributed by atoms with van der Waals surface area (Å²) in [7, 11) is -2.63. The van der Waals surface area contributed by atoms with Gasteiger partial charge in [-0.3, -0.25) is 9.11 Å². The van der Waals surface area contributed by atoms with E-state index in [4.69, 9.17) is 0 Å². The van der Waals surface area contributed by atoms with Crippen LogP contribution in [0.5, 0.6) is 0 Å². The maximum Gasteiger partial charge on any atom is 0.0705 e. The number of rotatable bonds is 0. The minimum absolute atomic E-state index is 0.663. The molecule has 0 fully saturated rings. The molecule has 0 aromatic heterocycles. The number of hydrogen-bond donors (Lipinski definition) is 2. The lowest BCUT2D eigenvalue weighted by Crippen LogP contribution is -1.93. The molecule has 2 rings (SSSR count). The van der Waals surface area contributed by atoms with Gasteiger partial charge in [0.25, 0.3) is 0 Å². The predicted octanol–water partition coefficient (Wildman–Crippen LogP) is 3.40. The summed E-state index contributed by atoms with van der Waals surface area (Å²) in [5.74, 6) is 0. The smallest absolute Gasteiger partial charge is 0.0705 e. The Kier molecular flexibility index (Phi) is 1.77. The van der Waals surface area contributed by atoms with Crippen LogP contribution in [-0.4, -0.2) is 9.11 Å². The first-order valence-electron chi connectivity index (χ1n) is 4.08. The van der Waals surface area contributed by atoms with E-state index in [0.29, 0.717) is 4.90 Å². The van der Waals surface area contributed by atoms with Crippen LogP contribution in [0, 0.1) is 13.8 Å². The van der Waals surface area contributed by atoms with Gasteiger partial charge in [-0.05, 0) is 48.7 Å². The summed E-state index contributed by atoms with van der Waals surface area (Å²) in [4.78, 5) is 0.663. The van der Waals surface area contributed by atoms with Gasteiger partial charge in [0.1, 0.15) is 0 Å². The molecule has 1 aromatic rings. The molecular weight excluding hydrogens is 184 g/mol. The summed E-state index contributed by atoms with van der Waals surface area (Å²) in [6, 6.07) is 3.85. The molecule has 0 spiro atoms. The van der Waals surface area contributed by atoms with Crippen molar-refractivity contribution in [2.75, 3.05) is 0 Å². The molecular formula is C10H12O2S. The molecule has 70 valence electrons. The van der Waals surface area contributed by atoms with Gasteiger partial charge in [0.15, 0.2) is 0 Å². The van der Waals surface area contributed by atoms with E-state index >= 15 is 0 Å². The monoisotopic (exact) mass is 196 g/mol. The van der Waals surface area contributed by atoms with Gasteiger partial charge in [-0.15, -0.1) is 10.6 Å². The molecule has 0 atom stereocenters.